The van der Waals surface area contributed by atoms with E-state index in [-0.39, 0.29) is 18.2 Å². The second-order valence-corrected chi connectivity index (χ2v) is 5.84. The van der Waals surface area contributed by atoms with Crippen molar-refractivity contribution in [2.45, 2.75) is 28.8 Å². The monoisotopic (exact) mass is 329 g/mol. The van der Waals surface area contributed by atoms with Crippen LogP contribution < -0.4 is 5.32 Å². The summed E-state index contributed by atoms with van der Waals surface area (Å²) in [5.74, 6) is 1.10. The van der Waals surface area contributed by atoms with E-state index in [2.05, 4.69) is 20.5 Å². The molecule has 2 aromatic heterocycles. The number of nitrogens with one attached hydrogen (secondary N) is 1. The highest BCUT2D eigenvalue weighted by Gasteiger charge is 2.22. The first-order chi connectivity index (χ1) is 9.75. The van der Waals surface area contributed by atoms with E-state index in [1.165, 1.54) is 18.0 Å². The van der Waals surface area contributed by atoms with Gasteiger partial charge in [-0.25, -0.2) is 4.39 Å². The summed E-state index contributed by atoms with van der Waals surface area (Å²) in [5, 5.41) is 12.5. The molecule has 1 aliphatic heterocycles. The maximum Gasteiger partial charge on any atom is 0.195 e. The number of hydrogen-bond donors (Lipinski definition) is 1. The van der Waals surface area contributed by atoms with Gasteiger partial charge in [-0.2, -0.15) is 0 Å². The molecule has 1 fully saturated rings. The van der Waals surface area contributed by atoms with Crippen molar-refractivity contribution < 1.29 is 4.39 Å². The number of pyridine rings is 1. The van der Waals surface area contributed by atoms with Crippen LogP contribution in [0.4, 0.5) is 4.39 Å². The van der Waals surface area contributed by atoms with Gasteiger partial charge in [0.15, 0.2) is 11.0 Å². The second-order valence-electron chi connectivity index (χ2n) is 4.83. The van der Waals surface area contributed by atoms with Crippen LogP contribution in [-0.2, 0) is 7.05 Å². The van der Waals surface area contributed by atoms with Crippen molar-refractivity contribution in [1.82, 2.24) is 25.1 Å². The van der Waals surface area contributed by atoms with Crippen LogP contribution in [0.2, 0.25) is 0 Å². The molecule has 0 saturated carbocycles. The van der Waals surface area contributed by atoms with Gasteiger partial charge in [0.05, 0.1) is 11.1 Å². The smallest absolute Gasteiger partial charge is 0.195 e. The quantitative estimate of drug-likeness (QED) is 0.937. The molecular weight excluding hydrogens is 313 g/mol. The van der Waals surface area contributed by atoms with Crippen molar-refractivity contribution in [3.05, 3.63) is 30.1 Å². The standard InChI is InChI=1S/C13H16FN5S.ClH/c1-19-12(9-2-5-15-6-3-9)17-18-13(19)20-11-4-7-16-8-10(11)14;/h4,7-9,15H,2-3,5-6H2,1H3;1H. The Balaban J connectivity index is 0.00000161. The number of piperidine rings is 1. The fourth-order valence-electron chi connectivity index (χ4n) is 2.39. The lowest BCUT2D eigenvalue weighted by Crippen LogP contribution is -2.27. The Labute approximate surface area is 133 Å². The highest BCUT2D eigenvalue weighted by molar-refractivity contribution is 7.99. The van der Waals surface area contributed by atoms with Gasteiger partial charge >= 0.3 is 0 Å². The molecule has 1 aliphatic rings. The summed E-state index contributed by atoms with van der Waals surface area (Å²) in [5.41, 5.74) is 0. The van der Waals surface area contributed by atoms with Gasteiger partial charge in [0.25, 0.3) is 0 Å². The van der Waals surface area contributed by atoms with Crippen molar-refractivity contribution >= 4 is 24.2 Å². The molecule has 8 heteroatoms. The lowest BCUT2D eigenvalue weighted by Gasteiger charge is -2.21. The summed E-state index contributed by atoms with van der Waals surface area (Å²) in [6.45, 7) is 2.03. The van der Waals surface area contributed by atoms with Crippen molar-refractivity contribution in [2.24, 2.45) is 7.05 Å². The Kier molecular flexibility index (Phi) is 5.55. The summed E-state index contributed by atoms with van der Waals surface area (Å²) in [7, 11) is 1.94. The summed E-state index contributed by atoms with van der Waals surface area (Å²) < 4.78 is 15.6. The molecule has 0 radical (unpaired) electrons. The van der Waals surface area contributed by atoms with E-state index < -0.39 is 0 Å². The van der Waals surface area contributed by atoms with Crippen LogP contribution in [0.15, 0.2) is 28.5 Å². The summed E-state index contributed by atoms with van der Waals surface area (Å²) in [6, 6.07) is 1.65. The van der Waals surface area contributed by atoms with E-state index in [9.17, 15) is 4.39 Å². The van der Waals surface area contributed by atoms with Crippen LogP contribution in [0, 0.1) is 5.82 Å². The summed E-state index contributed by atoms with van der Waals surface area (Å²) in [6.07, 6.45) is 4.93. The first-order valence-corrected chi connectivity index (χ1v) is 7.44. The van der Waals surface area contributed by atoms with E-state index in [4.69, 9.17) is 0 Å². The van der Waals surface area contributed by atoms with Gasteiger partial charge in [0, 0.05) is 19.2 Å². The fraction of sp³-hybridized carbons (Fsp3) is 0.462. The molecule has 0 aromatic carbocycles. The van der Waals surface area contributed by atoms with Crippen LogP contribution in [-0.4, -0.2) is 32.8 Å². The predicted molar refractivity (Wildman–Crippen MR) is 81.4 cm³/mol. The Morgan fingerprint density at radius 2 is 2.10 bits per heavy atom. The minimum Gasteiger partial charge on any atom is -0.317 e. The first-order valence-electron chi connectivity index (χ1n) is 6.63. The van der Waals surface area contributed by atoms with Gasteiger partial charge in [-0.3, -0.25) is 4.98 Å². The molecule has 0 spiro atoms. The number of rotatable bonds is 3. The van der Waals surface area contributed by atoms with E-state index in [1.54, 1.807) is 12.3 Å². The molecule has 5 nitrogen and oxygen atoms in total. The van der Waals surface area contributed by atoms with Crippen LogP contribution >= 0.6 is 24.2 Å². The minimum atomic E-state index is -0.330. The largest absolute Gasteiger partial charge is 0.317 e. The highest BCUT2D eigenvalue weighted by Crippen LogP contribution is 2.30. The van der Waals surface area contributed by atoms with Crippen molar-refractivity contribution in [2.75, 3.05) is 13.1 Å². The van der Waals surface area contributed by atoms with E-state index in [0.29, 0.717) is 16.0 Å². The van der Waals surface area contributed by atoms with Crippen LogP contribution in [0.25, 0.3) is 0 Å². The molecule has 21 heavy (non-hydrogen) atoms. The third-order valence-electron chi connectivity index (χ3n) is 3.51. The topological polar surface area (TPSA) is 55.6 Å². The number of halogens is 2. The summed E-state index contributed by atoms with van der Waals surface area (Å²) in [4.78, 5) is 4.27. The Hall–Kier alpha value is -1.18. The molecule has 1 saturated heterocycles. The van der Waals surface area contributed by atoms with Gasteiger partial charge in [-0.1, -0.05) is 0 Å². The zero-order valence-corrected chi connectivity index (χ0v) is 13.3. The van der Waals surface area contributed by atoms with Gasteiger partial charge in [-0.15, -0.1) is 22.6 Å². The lowest BCUT2D eigenvalue weighted by molar-refractivity contribution is 0.434. The normalized spacial score (nSPS) is 15.7. The maximum atomic E-state index is 13.6. The molecule has 3 heterocycles. The summed E-state index contributed by atoms with van der Waals surface area (Å²) >= 11 is 1.28. The highest BCUT2D eigenvalue weighted by atomic mass is 35.5. The van der Waals surface area contributed by atoms with Crippen molar-refractivity contribution in [1.29, 1.82) is 0 Å². The molecule has 2 aromatic rings. The van der Waals surface area contributed by atoms with Crippen LogP contribution in [0.3, 0.4) is 0 Å². The van der Waals surface area contributed by atoms with Crippen LogP contribution in [0.5, 0.6) is 0 Å². The third-order valence-corrected chi connectivity index (χ3v) is 4.60. The number of hydrogen-bond acceptors (Lipinski definition) is 5. The first kappa shape index (κ1) is 16.2. The Morgan fingerprint density at radius 1 is 1.33 bits per heavy atom. The zero-order valence-electron chi connectivity index (χ0n) is 11.6. The molecule has 114 valence electrons. The van der Waals surface area contributed by atoms with Crippen molar-refractivity contribution in [3.63, 3.8) is 0 Å². The van der Waals surface area contributed by atoms with E-state index in [1.807, 2.05) is 11.6 Å². The average Bonchev–Trinajstić information content (AvgIpc) is 2.84. The molecule has 0 aliphatic carbocycles. The van der Waals surface area contributed by atoms with Gasteiger partial charge in [0.1, 0.15) is 5.82 Å². The fourth-order valence-corrected chi connectivity index (χ4v) is 3.18. The van der Waals surface area contributed by atoms with Gasteiger partial charge in [-0.05, 0) is 43.8 Å². The van der Waals surface area contributed by atoms with E-state index in [0.717, 1.165) is 31.8 Å². The molecule has 0 unspecified atom stereocenters. The zero-order chi connectivity index (χ0) is 13.9. The number of nitrogens with zero attached hydrogens (tertiary/aromatic N) is 4. The minimum absolute atomic E-state index is 0. The van der Waals surface area contributed by atoms with Crippen LogP contribution in [0.1, 0.15) is 24.6 Å². The Bertz CT molecular complexity index is 600. The van der Waals surface area contributed by atoms with Gasteiger partial charge in [0.2, 0.25) is 0 Å². The van der Waals surface area contributed by atoms with Gasteiger partial charge < -0.3 is 9.88 Å². The number of aromatic nitrogens is 4. The average molecular weight is 330 g/mol. The maximum absolute atomic E-state index is 13.6. The Morgan fingerprint density at radius 3 is 2.81 bits per heavy atom. The SMILES string of the molecule is Cl.Cn1c(Sc2ccncc2F)nnc1C1CCNCC1. The second kappa shape index (κ2) is 7.20. The molecule has 0 atom stereocenters. The molecule has 0 bridgehead atoms. The third kappa shape index (κ3) is 3.53. The van der Waals surface area contributed by atoms with E-state index >= 15 is 0 Å². The predicted octanol–water partition coefficient (Wildman–Crippen LogP) is 2.39. The molecule has 1 N–H and O–H groups in total. The molecular formula is C13H17ClFN5S. The molecule has 3 rings (SSSR count). The molecule has 0 amide bonds. The lowest BCUT2D eigenvalue weighted by atomic mass is 9.97. The van der Waals surface area contributed by atoms with Crippen molar-refractivity contribution in [3.8, 4) is 0 Å².